The van der Waals surface area contributed by atoms with Crippen molar-refractivity contribution >= 4 is 49.1 Å². The van der Waals surface area contributed by atoms with Crippen LogP contribution in [0.2, 0.25) is 0 Å². The molecule has 56 heavy (non-hydrogen) atoms. The Balaban J connectivity index is 0.000000330. The number of nitrogens with zero attached hydrogens (tertiary/aromatic N) is 1. The number of carbonyl (C=O) groups excluding carboxylic acids is 1. The van der Waals surface area contributed by atoms with Gasteiger partial charge in [-0.25, -0.2) is 0 Å². The minimum absolute atomic E-state index is 0. The predicted octanol–water partition coefficient (Wildman–Crippen LogP) is 15.1. The molecular formula is C50H62IrNO3S-. The molecule has 0 saturated heterocycles. The molecule has 0 unspecified atom stereocenters. The molecule has 0 fully saturated rings. The van der Waals surface area contributed by atoms with Crippen LogP contribution in [0.1, 0.15) is 124 Å². The molecule has 3 heterocycles. The molecule has 1 radical (unpaired) electrons. The van der Waals surface area contributed by atoms with Crippen molar-refractivity contribution in [3.05, 3.63) is 100 Å². The molecule has 0 atom stereocenters. The van der Waals surface area contributed by atoms with Gasteiger partial charge in [-0.1, -0.05) is 124 Å². The Morgan fingerprint density at radius 3 is 2.12 bits per heavy atom. The Morgan fingerprint density at radius 1 is 0.875 bits per heavy atom. The average molecular weight is 949 g/mol. The fourth-order valence-corrected chi connectivity index (χ4v) is 8.16. The molecule has 0 amide bonds. The molecule has 4 nitrogen and oxygen atoms in total. The number of hydrogen-bond donors (Lipinski definition) is 1. The topological polar surface area (TPSA) is 63.3 Å². The number of thiophene rings is 1. The van der Waals surface area contributed by atoms with Gasteiger partial charge in [0, 0.05) is 59.4 Å². The quantitative estimate of drug-likeness (QED) is 0.0798. The van der Waals surface area contributed by atoms with Crippen LogP contribution in [-0.4, -0.2) is 15.9 Å². The molecular weight excluding hydrogens is 887 g/mol. The zero-order valence-electron chi connectivity index (χ0n) is 35.9. The average Bonchev–Trinajstić information content (AvgIpc) is 3.69. The first-order chi connectivity index (χ1) is 25.9. The third kappa shape index (κ3) is 9.41. The summed E-state index contributed by atoms with van der Waals surface area (Å²) in [7, 11) is 0. The zero-order valence-corrected chi connectivity index (χ0v) is 39.1. The summed E-state index contributed by atoms with van der Waals surface area (Å²) in [6.07, 6.45) is 5.71. The molecule has 0 bridgehead atoms. The second kappa shape index (κ2) is 17.9. The van der Waals surface area contributed by atoms with E-state index in [0.717, 1.165) is 71.2 Å². The number of fused-ring (bicyclic) bond motifs is 3. The van der Waals surface area contributed by atoms with E-state index in [1.165, 1.54) is 43.1 Å². The number of carbonyl (C=O) groups is 1. The maximum atomic E-state index is 12.2. The largest absolute Gasteiger partial charge is 0.512 e. The molecule has 0 aliphatic carbocycles. The summed E-state index contributed by atoms with van der Waals surface area (Å²) in [4.78, 5) is 18.6. The molecule has 0 spiro atoms. The van der Waals surface area contributed by atoms with Gasteiger partial charge in [-0.15, -0.1) is 40.5 Å². The number of aliphatic hydroxyl groups excluding tert-OH is 1. The van der Waals surface area contributed by atoms with Crippen molar-refractivity contribution in [3.8, 4) is 22.4 Å². The minimum atomic E-state index is -0.337. The summed E-state index contributed by atoms with van der Waals surface area (Å²) in [5, 5.41) is 13.7. The van der Waals surface area contributed by atoms with Gasteiger partial charge < -0.3 is 9.52 Å². The van der Waals surface area contributed by atoms with Crippen molar-refractivity contribution in [1.82, 2.24) is 4.98 Å². The zero-order chi connectivity index (χ0) is 40.5. The first kappa shape index (κ1) is 45.1. The van der Waals surface area contributed by atoms with Crippen molar-refractivity contribution in [1.29, 1.82) is 0 Å². The Kier molecular flexibility index (Phi) is 14.4. The van der Waals surface area contributed by atoms with Gasteiger partial charge in [-0.3, -0.25) is 9.78 Å². The number of aliphatic hydroxyl groups is 1. The standard InChI is InChI=1S/C35H34NOS.C15H28O2.Ir/c1-20(2)14-32-22(4)26-13-12-24(18-33(26)37-32)28-19-30(36-31-15-21(3)38-34(28)31)25-16-23-10-8-9-11-27(23)29(17-25)35(5,6)7;1-7-14(5,8-2)12(16)11-13(17)15(6,9-3)10-4;/h8-13,15,17-20H,14H2,1-7H3;11,16H,7-10H2,1-6H3;/q-1;;/b;12-11-;. The van der Waals surface area contributed by atoms with Gasteiger partial charge in [-0.2, -0.15) is 0 Å². The van der Waals surface area contributed by atoms with Crippen molar-refractivity contribution in [2.45, 2.75) is 128 Å². The minimum Gasteiger partial charge on any atom is -0.512 e. The summed E-state index contributed by atoms with van der Waals surface area (Å²) < 4.78 is 7.60. The molecule has 3 aromatic carbocycles. The van der Waals surface area contributed by atoms with E-state index in [-0.39, 0.29) is 47.9 Å². The molecule has 6 aromatic rings. The Bertz CT molecular complexity index is 2340. The second-order valence-corrected chi connectivity index (χ2v) is 18.7. The second-order valence-electron chi connectivity index (χ2n) is 17.4. The van der Waals surface area contributed by atoms with Gasteiger partial charge in [0.2, 0.25) is 0 Å². The first-order valence-corrected chi connectivity index (χ1v) is 21.0. The Labute approximate surface area is 353 Å². The van der Waals surface area contributed by atoms with E-state index in [4.69, 9.17) is 9.40 Å². The van der Waals surface area contributed by atoms with Crippen LogP contribution in [-0.2, 0) is 36.7 Å². The van der Waals surface area contributed by atoms with E-state index >= 15 is 0 Å². The van der Waals surface area contributed by atoms with Crippen LogP contribution in [0, 0.1) is 36.7 Å². The molecule has 1 N–H and O–H groups in total. The summed E-state index contributed by atoms with van der Waals surface area (Å²) in [5.74, 6) is 1.94. The number of ketones is 1. The van der Waals surface area contributed by atoms with E-state index in [2.05, 4.69) is 115 Å². The maximum Gasteiger partial charge on any atom is 0.164 e. The molecule has 0 aliphatic rings. The number of rotatable bonds is 11. The van der Waals surface area contributed by atoms with Gasteiger partial charge in [-0.05, 0) is 79.7 Å². The summed E-state index contributed by atoms with van der Waals surface area (Å²) >= 11 is 1.81. The SMILES string of the molecule is CCC(C)(CC)C(=O)/C=C(\O)C(C)(CC)CC.Cc1cc2nc(-c3[c-]c4ccccc4c(C(C)(C)C)c3)cc(-c3ccc4c(C)c(CC(C)C)oc4c3)c2s1.[Ir]. The van der Waals surface area contributed by atoms with Crippen LogP contribution in [0.15, 0.2) is 76.9 Å². The summed E-state index contributed by atoms with van der Waals surface area (Å²) in [6.45, 7) is 27.7. The molecule has 301 valence electrons. The number of aryl methyl sites for hydroxylation is 2. The van der Waals surface area contributed by atoms with Crippen molar-refractivity contribution in [2.24, 2.45) is 16.7 Å². The molecule has 0 saturated carbocycles. The van der Waals surface area contributed by atoms with E-state index in [1.54, 1.807) is 11.3 Å². The van der Waals surface area contributed by atoms with Crippen LogP contribution in [0.5, 0.6) is 0 Å². The number of aromatic nitrogens is 1. The smallest absolute Gasteiger partial charge is 0.164 e. The summed E-state index contributed by atoms with van der Waals surface area (Å²) in [6, 6.07) is 25.7. The van der Waals surface area contributed by atoms with Gasteiger partial charge in [0.1, 0.15) is 17.1 Å². The molecule has 0 aliphatic heterocycles. The van der Waals surface area contributed by atoms with Gasteiger partial charge >= 0.3 is 0 Å². The van der Waals surface area contributed by atoms with Crippen LogP contribution < -0.4 is 0 Å². The van der Waals surface area contributed by atoms with E-state index < -0.39 is 0 Å². The van der Waals surface area contributed by atoms with Gasteiger partial charge in [0.25, 0.3) is 0 Å². The van der Waals surface area contributed by atoms with E-state index in [1.807, 2.05) is 41.5 Å². The van der Waals surface area contributed by atoms with E-state index in [0.29, 0.717) is 5.92 Å². The van der Waals surface area contributed by atoms with Crippen molar-refractivity contribution < 1.29 is 34.4 Å². The van der Waals surface area contributed by atoms with Gasteiger partial charge in [0.05, 0.1) is 10.2 Å². The third-order valence-corrected chi connectivity index (χ3v) is 13.1. The van der Waals surface area contributed by atoms with Crippen molar-refractivity contribution in [2.75, 3.05) is 0 Å². The molecule has 6 rings (SSSR count). The number of pyridine rings is 1. The number of hydrogen-bond acceptors (Lipinski definition) is 5. The Morgan fingerprint density at radius 2 is 1.52 bits per heavy atom. The maximum absolute atomic E-state index is 12.2. The summed E-state index contributed by atoms with van der Waals surface area (Å²) in [5.41, 5.74) is 8.33. The number of furan rings is 1. The normalized spacial score (nSPS) is 12.6. The first-order valence-electron chi connectivity index (χ1n) is 20.2. The van der Waals surface area contributed by atoms with Crippen molar-refractivity contribution in [3.63, 3.8) is 0 Å². The third-order valence-electron chi connectivity index (χ3n) is 12.0. The predicted molar refractivity (Wildman–Crippen MR) is 236 cm³/mol. The molecule has 3 aromatic heterocycles. The van der Waals surface area contributed by atoms with E-state index in [9.17, 15) is 9.90 Å². The van der Waals surface area contributed by atoms with Crippen LogP contribution in [0.3, 0.4) is 0 Å². The Hall–Kier alpha value is -3.57. The number of allylic oxidation sites excluding steroid dienone is 2. The number of benzene rings is 3. The monoisotopic (exact) mass is 949 g/mol. The van der Waals surface area contributed by atoms with Crippen LogP contribution in [0.25, 0.3) is 54.3 Å². The van der Waals surface area contributed by atoms with Crippen LogP contribution in [0.4, 0.5) is 0 Å². The van der Waals surface area contributed by atoms with Gasteiger partial charge in [0.15, 0.2) is 5.78 Å². The van der Waals surface area contributed by atoms with Crippen LogP contribution >= 0.6 is 11.3 Å². The fourth-order valence-electron chi connectivity index (χ4n) is 7.17. The molecule has 6 heteroatoms. The fraction of sp³-hybridized carbons (Fsp3) is 0.440.